The number of nitrogens with one attached hydrogen (secondary N) is 2. The fourth-order valence-electron chi connectivity index (χ4n) is 2.05. The molecule has 0 aromatic heterocycles. The highest BCUT2D eigenvalue weighted by molar-refractivity contribution is 7.98. The van der Waals surface area contributed by atoms with Crippen LogP contribution >= 0.6 is 11.8 Å². The minimum absolute atomic E-state index is 0.175. The molecule has 0 fully saturated rings. The first-order valence-corrected chi connectivity index (χ1v) is 9.76. The van der Waals surface area contributed by atoms with Crippen LogP contribution in [-0.4, -0.2) is 54.8 Å². The average molecular weight is 377 g/mol. The van der Waals surface area contributed by atoms with Crippen molar-refractivity contribution in [2.45, 2.75) is 65.1 Å². The molecule has 2 atom stereocenters. The number of amides is 2. The number of carbonyl (C=O) groups is 3. The Labute approximate surface area is 155 Å². The van der Waals surface area contributed by atoms with E-state index >= 15 is 0 Å². The average Bonchev–Trinajstić information content (AvgIpc) is 2.47. The monoisotopic (exact) mass is 376 g/mol. The Hall–Kier alpha value is -1.44. The SMILES string of the molecule is COC(=O)[C@H](CCSC)NC(=O)[C@@H](CC(C)C)NC(=O)OC(C)(C)C. The Morgan fingerprint density at radius 1 is 1.08 bits per heavy atom. The lowest BCUT2D eigenvalue weighted by Crippen LogP contribution is -2.53. The van der Waals surface area contributed by atoms with Crippen molar-refractivity contribution in [1.82, 2.24) is 10.6 Å². The van der Waals surface area contributed by atoms with E-state index in [1.165, 1.54) is 7.11 Å². The Kier molecular flexibility index (Phi) is 10.6. The van der Waals surface area contributed by atoms with Crippen LogP contribution in [0.25, 0.3) is 0 Å². The van der Waals surface area contributed by atoms with Gasteiger partial charge in [0, 0.05) is 0 Å². The van der Waals surface area contributed by atoms with Crippen LogP contribution in [0.3, 0.4) is 0 Å². The van der Waals surface area contributed by atoms with Crippen LogP contribution < -0.4 is 10.6 Å². The second kappa shape index (κ2) is 11.2. The van der Waals surface area contributed by atoms with Crippen LogP contribution in [0.4, 0.5) is 4.79 Å². The molecule has 7 nitrogen and oxygen atoms in total. The third-order valence-electron chi connectivity index (χ3n) is 3.13. The van der Waals surface area contributed by atoms with Crippen molar-refractivity contribution in [2.75, 3.05) is 19.1 Å². The van der Waals surface area contributed by atoms with Crippen LogP contribution in [-0.2, 0) is 19.1 Å². The zero-order valence-electron chi connectivity index (χ0n) is 16.3. The molecule has 0 aliphatic rings. The van der Waals surface area contributed by atoms with Gasteiger partial charge in [0.05, 0.1) is 7.11 Å². The molecule has 2 N–H and O–H groups in total. The fraction of sp³-hybridized carbons (Fsp3) is 0.824. The fourth-order valence-corrected chi connectivity index (χ4v) is 2.52. The second-order valence-electron chi connectivity index (χ2n) is 7.19. The van der Waals surface area contributed by atoms with Crippen molar-refractivity contribution < 1.29 is 23.9 Å². The topological polar surface area (TPSA) is 93.7 Å². The maximum atomic E-state index is 12.6. The minimum Gasteiger partial charge on any atom is -0.467 e. The molecule has 0 bridgehead atoms. The molecule has 0 aliphatic carbocycles. The van der Waals surface area contributed by atoms with Gasteiger partial charge in [0.1, 0.15) is 17.7 Å². The number of methoxy groups -OCH3 is 1. The number of rotatable bonds is 9. The molecule has 0 unspecified atom stereocenters. The largest absolute Gasteiger partial charge is 0.467 e. The van der Waals surface area contributed by atoms with Crippen LogP contribution in [0.2, 0.25) is 0 Å². The summed E-state index contributed by atoms with van der Waals surface area (Å²) in [6.45, 7) is 9.14. The quantitative estimate of drug-likeness (QED) is 0.600. The minimum atomic E-state index is -0.781. The van der Waals surface area contributed by atoms with Crippen molar-refractivity contribution in [2.24, 2.45) is 5.92 Å². The maximum Gasteiger partial charge on any atom is 0.408 e. The van der Waals surface area contributed by atoms with E-state index in [4.69, 9.17) is 9.47 Å². The van der Waals surface area contributed by atoms with E-state index in [1.54, 1.807) is 32.5 Å². The van der Waals surface area contributed by atoms with Crippen molar-refractivity contribution in [3.63, 3.8) is 0 Å². The summed E-state index contributed by atoms with van der Waals surface area (Å²) in [6, 6.07) is -1.52. The summed E-state index contributed by atoms with van der Waals surface area (Å²) in [6.07, 6.45) is 2.15. The number of alkyl carbamates (subject to hydrolysis) is 1. The summed E-state index contributed by atoms with van der Waals surface area (Å²) in [5, 5.41) is 5.27. The van der Waals surface area contributed by atoms with Gasteiger partial charge in [-0.1, -0.05) is 13.8 Å². The predicted octanol–water partition coefficient (Wildman–Crippen LogP) is 2.34. The molecular weight excluding hydrogens is 344 g/mol. The van der Waals surface area contributed by atoms with Gasteiger partial charge in [-0.05, 0) is 51.5 Å². The van der Waals surface area contributed by atoms with Gasteiger partial charge in [-0.15, -0.1) is 0 Å². The molecule has 146 valence electrons. The van der Waals surface area contributed by atoms with E-state index in [0.717, 1.165) is 0 Å². The molecule has 25 heavy (non-hydrogen) atoms. The van der Waals surface area contributed by atoms with Gasteiger partial charge in [0.15, 0.2) is 0 Å². The van der Waals surface area contributed by atoms with E-state index in [1.807, 2.05) is 20.1 Å². The number of carbonyl (C=O) groups excluding carboxylic acids is 3. The first kappa shape index (κ1) is 23.6. The van der Waals surface area contributed by atoms with Crippen LogP contribution in [0.15, 0.2) is 0 Å². The van der Waals surface area contributed by atoms with Crippen LogP contribution in [0.1, 0.15) is 47.5 Å². The standard InChI is InChI=1S/C17H32N2O5S/c1-11(2)10-13(19-16(22)24-17(3,4)5)14(20)18-12(8-9-25-7)15(21)23-6/h11-13H,8-10H2,1-7H3,(H,18,20)(H,19,22)/t12-,13+/m0/s1. The zero-order valence-corrected chi connectivity index (χ0v) is 17.1. The van der Waals surface area contributed by atoms with E-state index in [-0.39, 0.29) is 5.92 Å². The third-order valence-corrected chi connectivity index (χ3v) is 3.77. The van der Waals surface area contributed by atoms with Gasteiger partial charge < -0.3 is 20.1 Å². The normalized spacial score (nSPS) is 13.8. The smallest absolute Gasteiger partial charge is 0.408 e. The Morgan fingerprint density at radius 3 is 2.12 bits per heavy atom. The number of hydrogen-bond acceptors (Lipinski definition) is 6. The summed E-state index contributed by atoms with van der Waals surface area (Å²) < 4.78 is 9.96. The Balaban J connectivity index is 5.01. The molecule has 0 heterocycles. The molecule has 2 amide bonds. The summed E-state index contributed by atoms with van der Waals surface area (Å²) in [4.78, 5) is 36.4. The predicted molar refractivity (Wildman–Crippen MR) is 99.6 cm³/mol. The van der Waals surface area contributed by atoms with Gasteiger partial charge in [0.2, 0.25) is 5.91 Å². The molecular formula is C17H32N2O5S. The van der Waals surface area contributed by atoms with E-state index < -0.39 is 35.7 Å². The van der Waals surface area contributed by atoms with E-state index in [0.29, 0.717) is 18.6 Å². The number of hydrogen-bond donors (Lipinski definition) is 2. The van der Waals surface area contributed by atoms with Gasteiger partial charge in [-0.2, -0.15) is 11.8 Å². The lowest BCUT2D eigenvalue weighted by atomic mass is 10.0. The number of thioether (sulfide) groups is 1. The highest BCUT2D eigenvalue weighted by atomic mass is 32.2. The van der Waals surface area contributed by atoms with Crippen LogP contribution in [0, 0.1) is 5.92 Å². The maximum absolute atomic E-state index is 12.6. The molecule has 0 spiro atoms. The Bertz CT molecular complexity index is 449. The van der Waals surface area contributed by atoms with Crippen LogP contribution in [0.5, 0.6) is 0 Å². The number of esters is 1. The highest BCUT2D eigenvalue weighted by Crippen LogP contribution is 2.10. The summed E-state index contributed by atoms with van der Waals surface area (Å²) in [5.41, 5.74) is -0.657. The molecule has 0 aromatic rings. The van der Waals surface area contributed by atoms with Crippen molar-refractivity contribution in [3.05, 3.63) is 0 Å². The summed E-state index contributed by atoms with van der Waals surface area (Å²) in [5.74, 6) is -0.0403. The summed E-state index contributed by atoms with van der Waals surface area (Å²) in [7, 11) is 1.28. The third kappa shape index (κ3) is 10.9. The van der Waals surface area contributed by atoms with Gasteiger partial charge in [-0.25, -0.2) is 9.59 Å². The molecule has 0 rings (SSSR count). The van der Waals surface area contributed by atoms with Crippen molar-refractivity contribution in [3.8, 4) is 0 Å². The van der Waals surface area contributed by atoms with E-state index in [9.17, 15) is 14.4 Å². The first-order valence-electron chi connectivity index (χ1n) is 8.36. The molecule has 0 aliphatic heterocycles. The van der Waals surface area contributed by atoms with Gasteiger partial charge >= 0.3 is 12.1 Å². The van der Waals surface area contributed by atoms with Crippen molar-refractivity contribution in [1.29, 1.82) is 0 Å². The molecule has 0 saturated heterocycles. The number of ether oxygens (including phenoxy) is 2. The second-order valence-corrected chi connectivity index (χ2v) is 8.18. The zero-order chi connectivity index (χ0) is 19.6. The van der Waals surface area contributed by atoms with Crippen molar-refractivity contribution >= 4 is 29.7 Å². The molecule has 0 aromatic carbocycles. The Morgan fingerprint density at radius 2 is 1.68 bits per heavy atom. The molecule has 0 saturated carbocycles. The molecule has 0 radical (unpaired) electrons. The van der Waals surface area contributed by atoms with Gasteiger partial charge in [0.25, 0.3) is 0 Å². The van der Waals surface area contributed by atoms with Gasteiger partial charge in [-0.3, -0.25) is 4.79 Å². The molecule has 8 heteroatoms. The highest BCUT2D eigenvalue weighted by Gasteiger charge is 2.29. The lowest BCUT2D eigenvalue weighted by molar-refractivity contribution is -0.145. The van der Waals surface area contributed by atoms with E-state index in [2.05, 4.69) is 10.6 Å². The summed E-state index contributed by atoms with van der Waals surface area (Å²) >= 11 is 1.57. The first-order chi connectivity index (χ1) is 11.5. The lowest BCUT2D eigenvalue weighted by Gasteiger charge is -2.25.